The van der Waals surface area contributed by atoms with Crippen LogP contribution >= 0.6 is 0 Å². The van der Waals surface area contributed by atoms with Crippen LogP contribution in [0.1, 0.15) is 23.8 Å². The van der Waals surface area contributed by atoms with Crippen molar-refractivity contribution in [3.05, 3.63) is 71.7 Å². The average Bonchev–Trinajstić information content (AvgIpc) is 2.93. The molecule has 1 unspecified atom stereocenters. The first-order valence-electron chi connectivity index (χ1n) is 7.17. The number of benzene rings is 2. The number of furan rings is 1. The van der Waals surface area contributed by atoms with Gasteiger partial charge in [-0.25, -0.2) is 4.39 Å². The summed E-state index contributed by atoms with van der Waals surface area (Å²) >= 11 is 0. The molecule has 2 nitrogen and oxygen atoms in total. The zero-order valence-electron chi connectivity index (χ0n) is 12.0. The molecule has 0 saturated carbocycles. The van der Waals surface area contributed by atoms with Gasteiger partial charge in [0.2, 0.25) is 0 Å². The molecule has 2 aromatic carbocycles. The van der Waals surface area contributed by atoms with E-state index in [0.29, 0.717) is 5.58 Å². The predicted molar refractivity (Wildman–Crippen MR) is 82.7 cm³/mol. The first kappa shape index (κ1) is 13.8. The van der Waals surface area contributed by atoms with E-state index >= 15 is 0 Å². The molecule has 3 rings (SSSR count). The monoisotopic (exact) mass is 283 g/mol. The summed E-state index contributed by atoms with van der Waals surface area (Å²) in [5.41, 5.74) is 1.61. The van der Waals surface area contributed by atoms with Crippen molar-refractivity contribution in [3.63, 3.8) is 0 Å². The maximum absolute atomic E-state index is 13.6. The molecule has 0 amide bonds. The summed E-state index contributed by atoms with van der Waals surface area (Å²) in [5, 5.41) is 4.14. The Bertz CT molecular complexity index is 720. The molecule has 0 radical (unpaired) electrons. The van der Waals surface area contributed by atoms with E-state index in [4.69, 9.17) is 4.42 Å². The highest BCUT2D eigenvalue weighted by molar-refractivity contribution is 5.78. The molecule has 0 aliphatic heterocycles. The van der Waals surface area contributed by atoms with Crippen LogP contribution in [0.15, 0.2) is 59.0 Å². The van der Waals surface area contributed by atoms with Crippen molar-refractivity contribution in [2.24, 2.45) is 0 Å². The summed E-state index contributed by atoms with van der Waals surface area (Å²) in [6, 6.07) is 17.5. The van der Waals surface area contributed by atoms with Crippen LogP contribution in [-0.2, 0) is 6.42 Å². The van der Waals surface area contributed by atoms with E-state index in [1.165, 1.54) is 11.6 Å². The van der Waals surface area contributed by atoms with Crippen molar-refractivity contribution in [2.45, 2.75) is 18.9 Å². The van der Waals surface area contributed by atoms with Gasteiger partial charge in [0.15, 0.2) is 11.4 Å². The quantitative estimate of drug-likeness (QED) is 0.747. The van der Waals surface area contributed by atoms with E-state index in [0.717, 1.165) is 24.0 Å². The van der Waals surface area contributed by atoms with Crippen LogP contribution in [0.3, 0.4) is 0 Å². The Labute approximate surface area is 123 Å². The highest BCUT2D eigenvalue weighted by Crippen LogP contribution is 2.25. The summed E-state index contributed by atoms with van der Waals surface area (Å²) < 4.78 is 19.3. The highest BCUT2D eigenvalue weighted by Gasteiger charge is 2.12. The van der Waals surface area contributed by atoms with Crippen molar-refractivity contribution >= 4 is 11.0 Å². The van der Waals surface area contributed by atoms with Crippen molar-refractivity contribution in [3.8, 4) is 0 Å². The summed E-state index contributed by atoms with van der Waals surface area (Å²) in [4.78, 5) is 0. The number of rotatable bonds is 5. The molecule has 0 saturated heterocycles. The Morgan fingerprint density at radius 3 is 2.62 bits per heavy atom. The molecule has 3 aromatic rings. The summed E-state index contributed by atoms with van der Waals surface area (Å²) in [7, 11) is 1.95. The summed E-state index contributed by atoms with van der Waals surface area (Å²) in [5.74, 6) is 0.526. The fourth-order valence-corrected chi connectivity index (χ4v) is 2.65. The van der Waals surface area contributed by atoms with Crippen LogP contribution < -0.4 is 5.32 Å². The molecule has 0 aliphatic rings. The Morgan fingerprint density at radius 1 is 1.10 bits per heavy atom. The Hall–Kier alpha value is -2.13. The third kappa shape index (κ3) is 2.98. The molecule has 1 N–H and O–H groups in total. The van der Waals surface area contributed by atoms with Crippen molar-refractivity contribution < 1.29 is 8.81 Å². The number of nitrogens with one attached hydrogen (secondary N) is 1. The highest BCUT2D eigenvalue weighted by atomic mass is 19.1. The second-order valence-electron chi connectivity index (χ2n) is 5.16. The molecule has 0 spiro atoms. The van der Waals surface area contributed by atoms with Crippen molar-refractivity contribution in [1.82, 2.24) is 5.32 Å². The van der Waals surface area contributed by atoms with Crippen LogP contribution in [0.25, 0.3) is 11.0 Å². The SMILES string of the molecule is CNC(CCc1cc2cccc(F)c2o1)c1ccccc1. The predicted octanol–water partition coefficient (Wildman–Crippen LogP) is 4.47. The lowest BCUT2D eigenvalue weighted by atomic mass is 10.0. The molecule has 1 atom stereocenters. The minimum Gasteiger partial charge on any atom is -0.458 e. The van der Waals surface area contributed by atoms with Gasteiger partial charge < -0.3 is 9.73 Å². The number of halogens is 1. The van der Waals surface area contributed by atoms with Crippen molar-refractivity contribution in [1.29, 1.82) is 0 Å². The van der Waals surface area contributed by atoms with Gasteiger partial charge in [0, 0.05) is 17.8 Å². The third-order valence-electron chi connectivity index (χ3n) is 3.78. The van der Waals surface area contributed by atoms with Crippen LogP contribution in [-0.4, -0.2) is 7.05 Å². The summed E-state index contributed by atoms with van der Waals surface area (Å²) in [6.07, 6.45) is 1.68. The lowest BCUT2D eigenvalue weighted by Gasteiger charge is -2.15. The molecule has 3 heteroatoms. The van der Waals surface area contributed by atoms with Crippen LogP contribution in [0.2, 0.25) is 0 Å². The molecule has 1 aromatic heterocycles. The van der Waals surface area contributed by atoms with Gasteiger partial charge >= 0.3 is 0 Å². The number of hydrogen-bond donors (Lipinski definition) is 1. The van der Waals surface area contributed by atoms with E-state index in [1.807, 2.05) is 37.4 Å². The van der Waals surface area contributed by atoms with E-state index < -0.39 is 0 Å². The molecule has 0 aliphatic carbocycles. The van der Waals surface area contributed by atoms with Gasteiger partial charge in [-0.2, -0.15) is 0 Å². The molecule has 0 bridgehead atoms. The first-order chi connectivity index (χ1) is 10.3. The zero-order valence-corrected chi connectivity index (χ0v) is 12.0. The van der Waals surface area contributed by atoms with Gasteiger partial charge in [-0.3, -0.25) is 0 Å². The van der Waals surface area contributed by atoms with E-state index in [9.17, 15) is 4.39 Å². The van der Waals surface area contributed by atoms with Gasteiger partial charge in [0.1, 0.15) is 5.76 Å². The second-order valence-corrected chi connectivity index (χ2v) is 5.16. The van der Waals surface area contributed by atoms with E-state index in [1.54, 1.807) is 6.07 Å². The van der Waals surface area contributed by atoms with E-state index in [-0.39, 0.29) is 11.9 Å². The van der Waals surface area contributed by atoms with Gasteiger partial charge in [-0.05, 0) is 31.2 Å². The fraction of sp³-hybridized carbons (Fsp3) is 0.222. The second kappa shape index (κ2) is 6.10. The number of fused-ring (bicyclic) bond motifs is 1. The topological polar surface area (TPSA) is 25.2 Å². The first-order valence-corrected chi connectivity index (χ1v) is 7.17. The molecule has 108 valence electrons. The standard InChI is InChI=1S/C18H18FNO/c1-20-17(13-6-3-2-4-7-13)11-10-15-12-14-8-5-9-16(19)18(14)21-15/h2-9,12,17,20H,10-11H2,1H3. The van der Waals surface area contributed by atoms with Crippen LogP contribution in [0, 0.1) is 5.82 Å². The van der Waals surface area contributed by atoms with Gasteiger partial charge in [0.05, 0.1) is 0 Å². The number of para-hydroxylation sites is 1. The van der Waals surface area contributed by atoms with Crippen LogP contribution in [0.5, 0.6) is 0 Å². The Morgan fingerprint density at radius 2 is 1.90 bits per heavy atom. The van der Waals surface area contributed by atoms with Gasteiger partial charge in [-0.1, -0.05) is 42.5 Å². The lowest BCUT2D eigenvalue weighted by molar-refractivity contribution is 0.479. The summed E-state index contributed by atoms with van der Waals surface area (Å²) in [6.45, 7) is 0. The lowest BCUT2D eigenvalue weighted by Crippen LogP contribution is -2.16. The smallest absolute Gasteiger partial charge is 0.169 e. The molecular weight excluding hydrogens is 265 g/mol. The maximum Gasteiger partial charge on any atom is 0.169 e. The van der Waals surface area contributed by atoms with Gasteiger partial charge in [-0.15, -0.1) is 0 Å². The number of aryl methyl sites for hydroxylation is 1. The minimum absolute atomic E-state index is 0.268. The van der Waals surface area contributed by atoms with E-state index in [2.05, 4.69) is 17.4 Å². The Kier molecular flexibility index (Phi) is 4.02. The molecule has 21 heavy (non-hydrogen) atoms. The maximum atomic E-state index is 13.6. The third-order valence-corrected chi connectivity index (χ3v) is 3.78. The van der Waals surface area contributed by atoms with Gasteiger partial charge in [0.25, 0.3) is 0 Å². The molecule has 0 fully saturated rings. The van der Waals surface area contributed by atoms with Crippen LogP contribution in [0.4, 0.5) is 4.39 Å². The Balaban J connectivity index is 1.75. The minimum atomic E-state index is -0.299. The average molecular weight is 283 g/mol. The number of hydrogen-bond acceptors (Lipinski definition) is 2. The normalized spacial score (nSPS) is 12.7. The largest absolute Gasteiger partial charge is 0.458 e. The molecule has 1 heterocycles. The zero-order chi connectivity index (χ0) is 14.7. The molecular formula is C18H18FNO. The fourth-order valence-electron chi connectivity index (χ4n) is 2.65. The van der Waals surface area contributed by atoms with Crippen molar-refractivity contribution in [2.75, 3.05) is 7.05 Å².